The van der Waals surface area contributed by atoms with Gasteiger partial charge in [-0.2, -0.15) is 0 Å². The number of fused-ring (bicyclic) bond motifs is 7. The van der Waals surface area contributed by atoms with Crippen molar-refractivity contribution in [2.75, 3.05) is 7.11 Å². The van der Waals surface area contributed by atoms with Gasteiger partial charge in [-0.05, 0) is 68.0 Å². The van der Waals surface area contributed by atoms with Crippen LogP contribution in [0.3, 0.4) is 0 Å². The SMILES string of the molecule is COc1ccc2c3c(ccc2c1)[C@@]1(O)c2ccc(Br)c4c2[C@](NC(=O)OC(C)(C)C)(CC=C4Br)C1O3. The molecule has 6 nitrogen and oxygen atoms in total. The maximum absolute atomic E-state index is 13.2. The molecule has 0 fully saturated rings. The highest BCUT2D eigenvalue weighted by Crippen LogP contribution is 2.63. The van der Waals surface area contributed by atoms with Gasteiger partial charge >= 0.3 is 6.09 Å². The number of nitrogens with one attached hydrogen (secondary N) is 1. The van der Waals surface area contributed by atoms with Gasteiger partial charge in [-0.15, -0.1) is 0 Å². The van der Waals surface area contributed by atoms with E-state index in [0.717, 1.165) is 36.6 Å². The smallest absolute Gasteiger partial charge is 0.408 e. The van der Waals surface area contributed by atoms with Crippen molar-refractivity contribution in [1.82, 2.24) is 5.32 Å². The van der Waals surface area contributed by atoms with Crippen molar-refractivity contribution in [3.63, 3.8) is 0 Å². The Morgan fingerprint density at radius 1 is 1.14 bits per heavy atom. The first-order valence-electron chi connectivity index (χ1n) is 11.7. The molecule has 3 atom stereocenters. The summed E-state index contributed by atoms with van der Waals surface area (Å²) in [5.74, 6) is 1.35. The summed E-state index contributed by atoms with van der Waals surface area (Å²) in [6, 6.07) is 13.5. The molecule has 1 heterocycles. The van der Waals surface area contributed by atoms with Crippen LogP contribution in [0.15, 0.2) is 53.0 Å². The highest BCUT2D eigenvalue weighted by atomic mass is 79.9. The second-order valence-electron chi connectivity index (χ2n) is 10.5. The van der Waals surface area contributed by atoms with E-state index >= 15 is 0 Å². The topological polar surface area (TPSA) is 77.0 Å². The standard InChI is InChI=1S/C28H25Br2NO5/c1-26(2,3)36-25(32)31-27-12-11-20(30)21-19(29)10-9-17(22(21)27)28(33)18-8-5-14-13-15(34-4)6-7-16(14)23(18)35-24(27)28/h5-11,13,24,33H,12H2,1-4H3,(H,31,32)/t24?,27-,28+/m1/s1. The Kier molecular flexibility index (Phi) is 5.11. The molecule has 0 aromatic heterocycles. The van der Waals surface area contributed by atoms with Crippen LogP contribution in [0.25, 0.3) is 15.3 Å². The Morgan fingerprint density at radius 3 is 2.61 bits per heavy atom. The molecule has 6 rings (SSSR count). The first-order chi connectivity index (χ1) is 17.0. The first-order valence-corrected chi connectivity index (χ1v) is 13.3. The lowest BCUT2D eigenvalue weighted by Crippen LogP contribution is -2.58. The number of carbonyl (C=O) groups excluding carboxylic acids is 1. The van der Waals surface area contributed by atoms with Crippen molar-refractivity contribution in [2.24, 2.45) is 0 Å². The Hall–Kier alpha value is -2.55. The monoisotopic (exact) mass is 613 g/mol. The Bertz CT molecular complexity index is 1490. The third kappa shape index (κ3) is 3.13. The number of carbonyl (C=O) groups is 1. The Morgan fingerprint density at radius 2 is 1.89 bits per heavy atom. The Balaban J connectivity index is 1.60. The third-order valence-corrected chi connectivity index (χ3v) is 8.61. The quantitative estimate of drug-likeness (QED) is 0.345. The van der Waals surface area contributed by atoms with Gasteiger partial charge in [-0.1, -0.05) is 56.1 Å². The van der Waals surface area contributed by atoms with Gasteiger partial charge in [0.15, 0.2) is 11.7 Å². The summed E-state index contributed by atoms with van der Waals surface area (Å²) < 4.78 is 19.5. The van der Waals surface area contributed by atoms with Gasteiger partial charge < -0.3 is 24.6 Å². The van der Waals surface area contributed by atoms with Crippen LogP contribution in [0.4, 0.5) is 4.79 Å². The summed E-state index contributed by atoms with van der Waals surface area (Å²) in [5, 5.41) is 17.5. The normalized spacial score (nSPS) is 25.4. The summed E-state index contributed by atoms with van der Waals surface area (Å²) in [6.07, 6.45) is 1.05. The molecule has 0 saturated carbocycles. The van der Waals surface area contributed by atoms with E-state index in [1.165, 1.54) is 0 Å². The molecule has 2 N–H and O–H groups in total. The number of ether oxygens (including phenoxy) is 3. The van der Waals surface area contributed by atoms with Crippen LogP contribution in [0.5, 0.6) is 11.5 Å². The molecule has 3 aliphatic rings. The highest BCUT2D eigenvalue weighted by molar-refractivity contribution is 9.15. The molecular formula is C28H25Br2NO5. The fourth-order valence-electron chi connectivity index (χ4n) is 5.87. The molecule has 1 aliphatic heterocycles. The van der Waals surface area contributed by atoms with E-state index < -0.39 is 28.9 Å². The summed E-state index contributed by atoms with van der Waals surface area (Å²) in [7, 11) is 1.63. The predicted octanol–water partition coefficient (Wildman–Crippen LogP) is 6.48. The molecule has 3 aromatic rings. The predicted molar refractivity (Wildman–Crippen MR) is 145 cm³/mol. The van der Waals surface area contributed by atoms with Crippen LogP contribution in [0.1, 0.15) is 49.4 Å². The van der Waals surface area contributed by atoms with Crippen LogP contribution in [0.2, 0.25) is 0 Å². The number of rotatable bonds is 2. The van der Waals surface area contributed by atoms with Crippen LogP contribution in [-0.2, 0) is 15.9 Å². The van der Waals surface area contributed by atoms with Crippen molar-refractivity contribution in [2.45, 2.75) is 50.0 Å². The molecule has 2 aliphatic carbocycles. The van der Waals surface area contributed by atoms with Crippen LogP contribution in [-0.4, -0.2) is 30.0 Å². The van der Waals surface area contributed by atoms with Crippen molar-refractivity contribution in [3.8, 4) is 11.5 Å². The number of hydrogen-bond donors (Lipinski definition) is 2. The number of hydrogen-bond acceptors (Lipinski definition) is 5. The first kappa shape index (κ1) is 23.8. The lowest BCUT2D eigenvalue weighted by atomic mass is 9.79. The van der Waals surface area contributed by atoms with Crippen LogP contribution < -0.4 is 14.8 Å². The molecule has 36 heavy (non-hydrogen) atoms. The van der Waals surface area contributed by atoms with Crippen molar-refractivity contribution < 1.29 is 24.1 Å². The number of amides is 1. The van der Waals surface area contributed by atoms with E-state index in [1.807, 2.05) is 69.3 Å². The molecular weight excluding hydrogens is 590 g/mol. The lowest BCUT2D eigenvalue weighted by molar-refractivity contribution is -0.0401. The molecule has 3 aromatic carbocycles. The fourth-order valence-corrected chi connectivity index (χ4v) is 7.25. The van der Waals surface area contributed by atoms with Gasteiger partial charge in [-0.25, -0.2) is 4.79 Å². The lowest BCUT2D eigenvalue weighted by Gasteiger charge is -2.40. The molecule has 0 saturated heterocycles. The van der Waals surface area contributed by atoms with Crippen molar-refractivity contribution >= 4 is 53.2 Å². The van der Waals surface area contributed by atoms with Gasteiger partial charge in [0.1, 0.15) is 22.6 Å². The van der Waals surface area contributed by atoms with Crippen LogP contribution >= 0.6 is 31.9 Å². The van der Waals surface area contributed by atoms with Gasteiger partial charge in [0.05, 0.1) is 7.11 Å². The summed E-state index contributed by atoms with van der Waals surface area (Å²) in [5.41, 5.74) is -0.129. The minimum atomic E-state index is -1.48. The zero-order valence-corrected chi connectivity index (χ0v) is 23.4. The molecule has 0 bridgehead atoms. The molecule has 0 radical (unpaired) electrons. The minimum absolute atomic E-state index is 0.413. The summed E-state index contributed by atoms with van der Waals surface area (Å²) in [6.45, 7) is 5.47. The largest absolute Gasteiger partial charge is 0.497 e. The van der Waals surface area contributed by atoms with E-state index in [-0.39, 0.29) is 0 Å². The number of aliphatic hydroxyl groups is 1. The second kappa shape index (κ2) is 7.73. The van der Waals surface area contributed by atoms with E-state index in [2.05, 4.69) is 37.2 Å². The Labute approximate surface area is 225 Å². The fraction of sp³-hybridized carbons (Fsp3) is 0.321. The maximum Gasteiger partial charge on any atom is 0.408 e. The minimum Gasteiger partial charge on any atom is -0.497 e. The van der Waals surface area contributed by atoms with Crippen molar-refractivity contribution in [3.05, 3.63) is 75.3 Å². The van der Waals surface area contributed by atoms with E-state index in [9.17, 15) is 9.90 Å². The second-order valence-corrected chi connectivity index (χ2v) is 12.2. The van der Waals surface area contributed by atoms with E-state index in [0.29, 0.717) is 23.3 Å². The van der Waals surface area contributed by atoms with Crippen LogP contribution in [0, 0.1) is 0 Å². The van der Waals surface area contributed by atoms with Crippen molar-refractivity contribution in [1.29, 1.82) is 0 Å². The van der Waals surface area contributed by atoms with Gasteiger partial charge in [0.2, 0.25) is 0 Å². The van der Waals surface area contributed by atoms with Gasteiger partial charge in [0.25, 0.3) is 0 Å². The zero-order valence-electron chi connectivity index (χ0n) is 20.2. The maximum atomic E-state index is 13.2. The third-order valence-electron chi connectivity index (χ3n) is 7.23. The van der Waals surface area contributed by atoms with E-state index in [4.69, 9.17) is 14.2 Å². The average Bonchev–Trinajstić information content (AvgIpc) is 3.23. The highest BCUT2D eigenvalue weighted by Gasteiger charge is 2.68. The van der Waals surface area contributed by atoms with E-state index in [1.54, 1.807) is 7.11 Å². The number of alkyl carbamates (subject to hydrolysis) is 1. The molecule has 0 spiro atoms. The number of benzene rings is 3. The summed E-state index contributed by atoms with van der Waals surface area (Å²) in [4.78, 5) is 13.2. The molecule has 186 valence electrons. The number of halogens is 2. The molecule has 1 amide bonds. The molecule has 8 heteroatoms. The number of methoxy groups -OCH3 is 1. The average molecular weight is 615 g/mol. The van der Waals surface area contributed by atoms with Gasteiger partial charge in [0, 0.05) is 25.5 Å². The zero-order chi connectivity index (χ0) is 25.6. The van der Waals surface area contributed by atoms with Gasteiger partial charge in [-0.3, -0.25) is 0 Å². The summed E-state index contributed by atoms with van der Waals surface area (Å²) >= 11 is 7.37. The molecule has 1 unspecified atom stereocenters.